The van der Waals surface area contributed by atoms with Gasteiger partial charge in [0.1, 0.15) is 0 Å². The molecule has 1 unspecified atom stereocenters. The van der Waals surface area contributed by atoms with Gasteiger partial charge in [-0.3, -0.25) is 0 Å². The van der Waals surface area contributed by atoms with Crippen LogP contribution in [0.15, 0.2) is 23.7 Å². The molecule has 0 bridgehead atoms. The van der Waals surface area contributed by atoms with Gasteiger partial charge in [0, 0.05) is 11.1 Å². The van der Waals surface area contributed by atoms with E-state index in [1.54, 1.807) is 25.2 Å². The van der Waals surface area contributed by atoms with Crippen LogP contribution in [0.1, 0.15) is 40.8 Å². The lowest BCUT2D eigenvalue weighted by Crippen LogP contribution is -2.12. The Morgan fingerprint density at radius 3 is 2.95 bits per heavy atom. The summed E-state index contributed by atoms with van der Waals surface area (Å²) in [6.07, 6.45) is 1.50. The third-order valence-corrected chi connectivity index (χ3v) is 3.85. The Morgan fingerprint density at radius 2 is 2.35 bits per heavy atom. The molecule has 2 rings (SSSR count). The Labute approximate surface area is 122 Å². The minimum atomic E-state index is -0.386. The average Bonchev–Trinajstić information content (AvgIpc) is 2.93. The van der Waals surface area contributed by atoms with Gasteiger partial charge in [-0.05, 0) is 32.2 Å². The Kier molecular flexibility index (Phi) is 4.68. The second-order valence-corrected chi connectivity index (χ2v) is 5.27. The van der Waals surface area contributed by atoms with Gasteiger partial charge in [-0.15, -0.1) is 11.3 Å². The first-order chi connectivity index (χ1) is 9.61. The molecule has 0 fully saturated rings. The number of ether oxygens (including phenoxy) is 1. The van der Waals surface area contributed by atoms with Crippen molar-refractivity contribution in [1.29, 1.82) is 0 Å². The highest BCUT2D eigenvalue weighted by Crippen LogP contribution is 2.21. The minimum absolute atomic E-state index is 0.128. The summed E-state index contributed by atoms with van der Waals surface area (Å²) in [4.78, 5) is 21.4. The molecule has 0 aliphatic heterocycles. The van der Waals surface area contributed by atoms with Gasteiger partial charge in [0.05, 0.1) is 23.9 Å². The summed E-state index contributed by atoms with van der Waals surface area (Å²) in [7, 11) is 0. The number of hydrogen-bond donors (Lipinski definition) is 1. The van der Waals surface area contributed by atoms with Crippen LogP contribution >= 0.6 is 11.3 Å². The van der Waals surface area contributed by atoms with Crippen LogP contribution in [0.4, 0.5) is 5.95 Å². The Bertz CT molecular complexity index is 584. The van der Waals surface area contributed by atoms with Gasteiger partial charge in [-0.1, -0.05) is 6.07 Å². The highest BCUT2D eigenvalue weighted by Gasteiger charge is 2.14. The van der Waals surface area contributed by atoms with E-state index in [2.05, 4.69) is 21.4 Å². The molecule has 6 heteroatoms. The number of hydrogen-bond acceptors (Lipinski definition) is 6. The smallest absolute Gasteiger partial charge is 0.341 e. The second kappa shape index (κ2) is 6.47. The molecule has 1 N–H and O–H groups in total. The van der Waals surface area contributed by atoms with Crippen LogP contribution in [0, 0.1) is 6.92 Å². The standard InChI is InChI=1S/C14H17N3O2S/c1-4-19-13(18)11-8-15-14(16-9(11)2)17-10(3)12-6-5-7-20-12/h5-8,10H,4H2,1-3H3,(H,15,16,17). The molecule has 2 heterocycles. The van der Waals surface area contributed by atoms with Crippen molar-refractivity contribution in [1.82, 2.24) is 9.97 Å². The van der Waals surface area contributed by atoms with E-state index in [0.29, 0.717) is 23.8 Å². The third-order valence-electron chi connectivity index (χ3n) is 2.79. The summed E-state index contributed by atoms with van der Waals surface area (Å²) < 4.78 is 4.95. The van der Waals surface area contributed by atoms with Crippen molar-refractivity contribution in [2.45, 2.75) is 26.8 Å². The molecule has 2 aromatic rings. The predicted molar refractivity (Wildman–Crippen MR) is 79.1 cm³/mol. The summed E-state index contributed by atoms with van der Waals surface area (Å²) in [5, 5.41) is 5.25. The molecule has 0 saturated heterocycles. The zero-order valence-electron chi connectivity index (χ0n) is 11.7. The van der Waals surface area contributed by atoms with E-state index >= 15 is 0 Å². The third kappa shape index (κ3) is 3.33. The maximum Gasteiger partial charge on any atom is 0.341 e. The Hall–Kier alpha value is -1.95. The summed E-state index contributed by atoms with van der Waals surface area (Å²) in [5.41, 5.74) is 1.01. The lowest BCUT2D eigenvalue weighted by atomic mass is 10.2. The van der Waals surface area contributed by atoms with Gasteiger partial charge >= 0.3 is 5.97 Å². The highest BCUT2D eigenvalue weighted by atomic mass is 32.1. The van der Waals surface area contributed by atoms with Gasteiger partial charge in [-0.25, -0.2) is 14.8 Å². The number of rotatable bonds is 5. The number of carbonyl (C=O) groups excluding carboxylic acids is 1. The summed E-state index contributed by atoms with van der Waals surface area (Å²) in [6.45, 7) is 5.93. The van der Waals surface area contributed by atoms with E-state index in [-0.39, 0.29) is 12.0 Å². The molecule has 2 aromatic heterocycles. The molecular formula is C14H17N3O2S. The van der Waals surface area contributed by atoms with Crippen LogP contribution in [0.25, 0.3) is 0 Å². The van der Waals surface area contributed by atoms with Crippen molar-refractivity contribution in [2.24, 2.45) is 0 Å². The van der Waals surface area contributed by atoms with Crippen molar-refractivity contribution >= 4 is 23.3 Å². The summed E-state index contributed by atoms with van der Waals surface area (Å²) in [6, 6.07) is 4.19. The van der Waals surface area contributed by atoms with Gasteiger partial charge in [0.15, 0.2) is 0 Å². The highest BCUT2D eigenvalue weighted by molar-refractivity contribution is 7.10. The topological polar surface area (TPSA) is 64.1 Å². The molecule has 0 radical (unpaired) electrons. The largest absolute Gasteiger partial charge is 0.462 e. The van der Waals surface area contributed by atoms with Crippen LogP contribution in [0.5, 0.6) is 0 Å². The van der Waals surface area contributed by atoms with Crippen molar-refractivity contribution in [3.63, 3.8) is 0 Å². The predicted octanol–water partition coefficient (Wildman–Crippen LogP) is 3.20. The van der Waals surface area contributed by atoms with Crippen molar-refractivity contribution in [2.75, 3.05) is 11.9 Å². The van der Waals surface area contributed by atoms with Crippen molar-refractivity contribution in [3.05, 3.63) is 39.8 Å². The molecule has 20 heavy (non-hydrogen) atoms. The number of nitrogens with zero attached hydrogens (tertiary/aromatic N) is 2. The summed E-state index contributed by atoms with van der Waals surface area (Å²) >= 11 is 1.68. The maximum absolute atomic E-state index is 11.7. The van der Waals surface area contributed by atoms with E-state index in [1.165, 1.54) is 11.1 Å². The van der Waals surface area contributed by atoms with Crippen molar-refractivity contribution in [3.8, 4) is 0 Å². The number of carbonyl (C=O) groups is 1. The van der Waals surface area contributed by atoms with Crippen LogP contribution in [-0.2, 0) is 4.74 Å². The maximum atomic E-state index is 11.7. The monoisotopic (exact) mass is 291 g/mol. The Balaban J connectivity index is 2.11. The zero-order valence-corrected chi connectivity index (χ0v) is 12.5. The SMILES string of the molecule is CCOC(=O)c1cnc(NC(C)c2cccs2)nc1C. The molecular weight excluding hydrogens is 274 g/mol. The first kappa shape index (κ1) is 14.5. The van der Waals surface area contributed by atoms with E-state index < -0.39 is 0 Å². The van der Waals surface area contributed by atoms with Gasteiger partial charge in [0.2, 0.25) is 5.95 Å². The van der Waals surface area contributed by atoms with E-state index in [0.717, 1.165) is 0 Å². The zero-order chi connectivity index (χ0) is 14.5. The van der Waals surface area contributed by atoms with E-state index in [1.807, 2.05) is 18.4 Å². The minimum Gasteiger partial charge on any atom is -0.462 e. The normalized spacial score (nSPS) is 11.9. The number of anilines is 1. The number of aromatic nitrogens is 2. The molecule has 106 valence electrons. The van der Waals surface area contributed by atoms with Gasteiger partial charge in [-0.2, -0.15) is 0 Å². The molecule has 1 atom stereocenters. The number of aryl methyl sites for hydroxylation is 1. The lowest BCUT2D eigenvalue weighted by Gasteiger charge is -2.13. The van der Waals surface area contributed by atoms with Gasteiger partial charge < -0.3 is 10.1 Å². The average molecular weight is 291 g/mol. The molecule has 0 aromatic carbocycles. The Morgan fingerprint density at radius 1 is 1.55 bits per heavy atom. The first-order valence-electron chi connectivity index (χ1n) is 6.42. The number of esters is 1. The first-order valence-corrected chi connectivity index (χ1v) is 7.30. The molecule has 0 aliphatic rings. The second-order valence-electron chi connectivity index (χ2n) is 4.29. The lowest BCUT2D eigenvalue weighted by molar-refractivity contribution is 0.0524. The van der Waals surface area contributed by atoms with E-state index in [4.69, 9.17) is 4.74 Å². The summed E-state index contributed by atoms with van der Waals surface area (Å²) in [5.74, 6) is 0.124. The fraction of sp³-hybridized carbons (Fsp3) is 0.357. The molecule has 5 nitrogen and oxygen atoms in total. The van der Waals surface area contributed by atoms with Crippen LogP contribution in [0.2, 0.25) is 0 Å². The molecule has 0 aliphatic carbocycles. The molecule has 0 spiro atoms. The number of nitrogens with one attached hydrogen (secondary N) is 1. The van der Waals surface area contributed by atoms with E-state index in [9.17, 15) is 4.79 Å². The molecule has 0 saturated carbocycles. The quantitative estimate of drug-likeness (QED) is 0.857. The van der Waals surface area contributed by atoms with Crippen LogP contribution in [0.3, 0.4) is 0 Å². The van der Waals surface area contributed by atoms with Crippen LogP contribution in [-0.4, -0.2) is 22.5 Å². The van der Waals surface area contributed by atoms with Crippen LogP contribution < -0.4 is 5.32 Å². The molecule has 0 amide bonds. The fourth-order valence-electron chi connectivity index (χ4n) is 1.75. The number of thiophene rings is 1. The van der Waals surface area contributed by atoms with Crippen molar-refractivity contribution < 1.29 is 9.53 Å². The fourth-order valence-corrected chi connectivity index (χ4v) is 2.48. The van der Waals surface area contributed by atoms with Gasteiger partial charge in [0.25, 0.3) is 0 Å².